The first-order valence-corrected chi connectivity index (χ1v) is 4.88. The molecule has 0 radical (unpaired) electrons. The van der Waals surface area contributed by atoms with Crippen LogP contribution in [0.15, 0.2) is 16.6 Å². The van der Waals surface area contributed by atoms with Gasteiger partial charge in [-0.25, -0.2) is 0 Å². The molecule has 1 aromatic rings. The lowest BCUT2D eigenvalue weighted by molar-refractivity contribution is -0.138. The van der Waals surface area contributed by atoms with Crippen molar-refractivity contribution in [1.29, 1.82) is 5.26 Å². The molecule has 0 unspecified atom stereocenters. The first-order chi connectivity index (χ1) is 7.27. The number of nitrogens with zero attached hydrogens (tertiary/aromatic N) is 1. The minimum atomic E-state index is -4.66. The topological polar surface area (TPSA) is 40.9 Å². The minimum Gasteiger partial charge on any atom is -0.294 e. The van der Waals surface area contributed by atoms with Crippen LogP contribution in [-0.4, -0.2) is 5.78 Å². The van der Waals surface area contributed by atoms with Crippen LogP contribution in [0.1, 0.15) is 28.4 Å². The van der Waals surface area contributed by atoms with Crippen LogP contribution in [0, 0.1) is 11.3 Å². The highest BCUT2D eigenvalue weighted by Crippen LogP contribution is 2.36. The van der Waals surface area contributed by atoms with E-state index in [0.29, 0.717) is 6.07 Å². The van der Waals surface area contributed by atoms with E-state index in [1.807, 2.05) is 0 Å². The van der Waals surface area contributed by atoms with Crippen LogP contribution in [0.2, 0.25) is 0 Å². The summed E-state index contributed by atoms with van der Waals surface area (Å²) in [4.78, 5) is 11.1. The van der Waals surface area contributed by atoms with Crippen molar-refractivity contribution in [3.63, 3.8) is 0 Å². The summed E-state index contributed by atoms with van der Waals surface area (Å²) in [5.74, 6) is -0.705. The Kier molecular flexibility index (Phi) is 3.38. The number of Topliss-reactive ketones (excluding diaryl/α,β-unsaturated/α-hetero) is 1. The predicted molar refractivity (Wildman–Crippen MR) is 53.9 cm³/mol. The molecular weight excluding hydrogens is 287 g/mol. The van der Waals surface area contributed by atoms with E-state index in [0.717, 1.165) is 6.92 Å². The fourth-order valence-corrected chi connectivity index (χ4v) is 1.99. The molecule has 0 heterocycles. The van der Waals surface area contributed by atoms with E-state index in [1.165, 1.54) is 6.07 Å². The molecule has 0 fully saturated rings. The van der Waals surface area contributed by atoms with Crippen molar-refractivity contribution in [3.05, 3.63) is 33.3 Å². The van der Waals surface area contributed by atoms with Crippen molar-refractivity contribution in [2.75, 3.05) is 0 Å². The Hall–Kier alpha value is -1.35. The van der Waals surface area contributed by atoms with Crippen LogP contribution >= 0.6 is 15.9 Å². The Morgan fingerprint density at radius 1 is 1.44 bits per heavy atom. The number of hydrogen-bond donors (Lipinski definition) is 0. The number of nitriles is 1. The molecule has 0 aliphatic heterocycles. The van der Waals surface area contributed by atoms with Crippen LogP contribution < -0.4 is 0 Å². The quantitative estimate of drug-likeness (QED) is 0.743. The lowest BCUT2D eigenvalue weighted by atomic mass is 10.0. The molecule has 16 heavy (non-hydrogen) atoms. The molecule has 0 N–H and O–H groups in total. The Labute approximate surface area is 97.8 Å². The largest absolute Gasteiger partial charge is 0.417 e. The third kappa shape index (κ3) is 2.42. The smallest absolute Gasteiger partial charge is 0.294 e. The van der Waals surface area contributed by atoms with Gasteiger partial charge in [0.2, 0.25) is 0 Å². The zero-order valence-corrected chi connectivity index (χ0v) is 9.61. The number of rotatable bonds is 1. The molecule has 0 atom stereocenters. The molecule has 0 aliphatic rings. The molecule has 0 amide bonds. The van der Waals surface area contributed by atoms with Crippen molar-refractivity contribution in [2.24, 2.45) is 0 Å². The summed E-state index contributed by atoms with van der Waals surface area (Å²) in [5.41, 5.74) is -1.69. The van der Waals surface area contributed by atoms with E-state index >= 15 is 0 Å². The van der Waals surface area contributed by atoms with Gasteiger partial charge >= 0.3 is 6.18 Å². The molecular formula is C10H5BrF3NO. The first kappa shape index (κ1) is 12.7. The molecule has 0 aromatic heterocycles. The van der Waals surface area contributed by atoms with Gasteiger partial charge in [0.1, 0.15) is 0 Å². The van der Waals surface area contributed by atoms with Gasteiger partial charge in [-0.05, 0) is 35.0 Å². The highest BCUT2D eigenvalue weighted by Gasteiger charge is 2.36. The summed E-state index contributed by atoms with van der Waals surface area (Å²) in [6.07, 6.45) is -4.66. The number of hydrogen-bond acceptors (Lipinski definition) is 2. The van der Waals surface area contributed by atoms with Gasteiger partial charge in [-0.15, -0.1) is 0 Å². The van der Waals surface area contributed by atoms with Gasteiger partial charge in [0, 0.05) is 10.0 Å². The van der Waals surface area contributed by atoms with Crippen molar-refractivity contribution >= 4 is 21.7 Å². The molecule has 0 saturated carbocycles. The Morgan fingerprint density at radius 3 is 2.38 bits per heavy atom. The zero-order chi connectivity index (χ0) is 12.5. The van der Waals surface area contributed by atoms with Crippen LogP contribution in [-0.2, 0) is 6.18 Å². The van der Waals surface area contributed by atoms with Gasteiger partial charge < -0.3 is 0 Å². The average Bonchev–Trinajstić information content (AvgIpc) is 2.14. The van der Waals surface area contributed by atoms with Gasteiger partial charge in [0.25, 0.3) is 0 Å². The highest BCUT2D eigenvalue weighted by molar-refractivity contribution is 9.10. The summed E-state index contributed by atoms with van der Waals surface area (Å²) in [7, 11) is 0. The Balaban J connectivity index is 3.61. The maximum atomic E-state index is 12.6. The van der Waals surface area contributed by atoms with E-state index in [1.54, 1.807) is 6.07 Å². The standard InChI is InChI=1S/C10H5BrF3NO/c1-5(16)9-7(10(12,13)14)2-6(4-15)3-8(9)11/h2-3H,1H3. The third-order valence-corrected chi connectivity index (χ3v) is 2.50. The number of ketones is 1. The fourth-order valence-electron chi connectivity index (χ4n) is 1.25. The van der Waals surface area contributed by atoms with Gasteiger partial charge in [0.15, 0.2) is 5.78 Å². The molecule has 2 nitrogen and oxygen atoms in total. The number of halogens is 4. The lowest BCUT2D eigenvalue weighted by Crippen LogP contribution is -2.13. The second kappa shape index (κ2) is 4.26. The number of carbonyl (C=O) groups is 1. The number of alkyl halides is 3. The van der Waals surface area contributed by atoms with Gasteiger partial charge in [-0.2, -0.15) is 18.4 Å². The SMILES string of the molecule is CC(=O)c1c(Br)cc(C#N)cc1C(F)(F)F. The van der Waals surface area contributed by atoms with Crippen molar-refractivity contribution in [3.8, 4) is 6.07 Å². The van der Waals surface area contributed by atoms with Gasteiger partial charge in [-0.3, -0.25) is 4.79 Å². The van der Waals surface area contributed by atoms with Crippen LogP contribution in [0.4, 0.5) is 13.2 Å². The van der Waals surface area contributed by atoms with E-state index in [2.05, 4.69) is 15.9 Å². The van der Waals surface area contributed by atoms with E-state index in [9.17, 15) is 18.0 Å². The minimum absolute atomic E-state index is 0.0219. The first-order valence-electron chi connectivity index (χ1n) is 4.09. The number of carbonyl (C=O) groups excluding carboxylic acids is 1. The number of benzene rings is 1. The molecule has 84 valence electrons. The Bertz CT molecular complexity index is 488. The predicted octanol–water partition coefficient (Wildman–Crippen LogP) is 3.54. The van der Waals surface area contributed by atoms with Crippen LogP contribution in [0.3, 0.4) is 0 Å². The summed E-state index contributed by atoms with van der Waals surface area (Å²) in [5, 5.41) is 8.56. The van der Waals surface area contributed by atoms with Gasteiger partial charge in [0.05, 0.1) is 17.2 Å². The molecule has 0 aliphatic carbocycles. The van der Waals surface area contributed by atoms with Crippen molar-refractivity contribution < 1.29 is 18.0 Å². The van der Waals surface area contributed by atoms with E-state index < -0.39 is 23.1 Å². The summed E-state index contributed by atoms with van der Waals surface area (Å²) < 4.78 is 37.8. The summed E-state index contributed by atoms with van der Waals surface area (Å²) in [6, 6.07) is 3.46. The highest BCUT2D eigenvalue weighted by atomic mass is 79.9. The molecule has 0 spiro atoms. The third-order valence-electron chi connectivity index (χ3n) is 1.88. The van der Waals surface area contributed by atoms with E-state index in [4.69, 9.17) is 5.26 Å². The molecule has 1 aromatic carbocycles. The van der Waals surface area contributed by atoms with Crippen molar-refractivity contribution in [2.45, 2.75) is 13.1 Å². The van der Waals surface area contributed by atoms with Crippen LogP contribution in [0.25, 0.3) is 0 Å². The normalized spacial score (nSPS) is 11.0. The zero-order valence-electron chi connectivity index (χ0n) is 8.02. The molecule has 0 bridgehead atoms. The second-order valence-electron chi connectivity index (χ2n) is 3.05. The monoisotopic (exact) mass is 291 g/mol. The molecule has 0 saturated heterocycles. The second-order valence-corrected chi connectivity index (χ2v) is 3.90. The Morgan fingerprint density at radius 2 is 2.00 bits per heavy atom. The summed E-state index contributed by atoms with van der Waals surface area (Å²) >= 11 is 2.86. The summed E-state index contributed by atoms with van der Waals surface area (Å²) in [6.45, 7) is 1.04. The van der Waals surface area contributed by atoms with Crippen LogP contribution in [0.5, 0.6) is 0 Å². The fraction of sp³-hybridized carbons (Fsp3) is 0.200. The molecule has 1 rings (SSSR count). The average molecular weight is 292 g/mol. The van der Waals surface area contributed by atoms with Gasteiger partial charge in [-0.1, -0.05) is 0 Å². The lowest BCUT2D eigenvalue weighted by Gasteiger charge is -2.12. The maximum absolute atomic E-state index is 12.6. The van der Waals surface area contributed by atoms with Crippen molar-refractivity contribution in [1.82, 2.24) is 0 Å². The maximum Gasteiger partial charge on any atom is 0.417 e. The van der Waals surface area contributed by atoms with E-state index in [-0.39, 0.29) is 10.0 Å². The molecule has 6 heteroatoms.